The number of rotatable bonds is 2. The van der Waals surface area contributed by atoms with Crippen molar-refractivity contribution < 1.29 is 18.6 Å². The summed E-state index contributed by atoms with van der Waals surface area (Å²) in [5.74, 6) is -1.02. The van der Waals surface area contributed by atoms with E-state index in [4.69, 9.17) is 0 Å². The van der Waals surface area contributed by atoms with Gasteiger partial charge in [0.15, 0.2) is 11.5 Å². The van der Waals surface area contributed by atoms with E-state index in [9.17, 15) is 18.6 Å². The zero-order chi connectivity index (χ0) is 14.2. The largest absolute Gasteiger partial charge is 0.504 e. The number of hydrogen-bond acceptors (Lipinski definition) is 4. The Morgan fingerprint density at radius 3 is 2.05 bits per heavy atom. The van der Waals surface area contributed by atoms with E-state index in [0.29, 0.717) is 11.1 Å². The number of phenols is 2. The van der Waals surface area contributed by atoms with Crippen molar-refractivity contribution in [2.45, 2.75) is 23.6 Å². The van der Waals surface area contributed by atoms with Crippen molar-refractivity contribution in [3.05, 3.63) is 47.5 Å². The van der Waals surface area contributed by atoms with Gasteiger partial charge in [0.2, 0.25) is 9.84 Å². The maximum atomic E-state index is 12.5. The van der Waals surface area contributed by atoms with Crippen molar-refractivity contribution in [1.82, 2.24) is 0 Å². The molecule has 0 aliphatic heterocycles. The van der Waals surface area contributed by atoms with E-state index in [0.717, 1.165) is 0 Å². The van der Waals surface area contributed by atoms with Crippen LogP contribution in [0.4, 0.5) is 0 Å². The summed E-state index contributed by atoms with van der Waals surface area (Å²) in [5.41, 5.74) is 1.00. The molecule has 0 saturated carbocycles. The number of aromatic hydroxyl groups is 2. The van der Waals surface area contributed by atoms with Gasteiger partial charge in [-0.1, -0.05) is 24.3 Å². The Balaban J connectivity index is 2.72. The maximum Gasteiger partial charge on any atom is 0.210 e. The fourth-order valence-corrected chi connectivity index (χ4v) is 3.44. The molecule has 2 rings (SSSR count). The summed E-state index contributed by atoms with van der Waals surface area (Å²) in [6, 6.07) is 9.26. The first-order valence-corrected chi connectivity index (χ1v) is 7.16. The van der Waals surface area contributed by atoms with Crippen LogP contribution in [0.3, 0.4) is 0 Å². The number of phenolic OH excluding ortho intramolecular Hbond substituents is 2. The molecule has 2 aromatic rings. The monoisotopic (exact) mass is 278 g/mol. The second-order valence-electron chi connectivity index (χ2n) is 4.35. The molecular weight excluding hydrogens is 264 g/mol. The Morgan fingerprint density at radius 2 is 1.42 bits per heavy atom. The molecule has 4 nitrogen and oxygen atoms in total. The van der Waals surface area contributed by atoms with Gasteiger partial charge in [0.05, 0.1) is 4.90 Å². The van der Waals surface area contributed by atoms with Crippen LogP contribution in [0.15, 0.2) is 46.2 Å². The minimum absolute atomic E-state index is 0.119. The third kappa shape index (κ3) is 2.17. The van der Waals surface area contributed by atoms with E-state index in [1.54, 1.807) is 32.0 Å². The molecule has 0 atom stereocenters. The van der Waals surface area contributed by atoms with Gasteiger partial charge in [-0.25, -0.2) is 8.42 Å². The molecular formula is C14H14O4S. The lowest BCUT2D eigenvalue weighted by Crippen LogP contribution is -2.04. The van der Waals surface area contributed by atoms with Crippen molar-refractivity contribution in [2.75, 3.05) is 0 Å². The number of benzene rings is 2. The van der Waals surface area contributed by atoms with Crippen molar-refractivity contribution in [3.63, 3.8) is 0 Å². The first kappa shape index (κ1) is 13.4. The van der Waals surface area contributed by atoms with Gasteiger partial charge in [0.1, 0.15) is 4.90 Å². The SMILES string of the molecule is Cc1ccccc1S(=O)(=O)c1ccc(C)c(O)c1O. The molecule has 0 aliphatic carbocycles. The van der Waals surface area contributed by atoms with E-state index in [1.807, 2.05) is 0 Å². The highest BCUT2D eigenvalue weighted by Gasteiger charge is 2.25. The van der Waals surface area contributed by atoms with Crippen molar-refractivity contribution in [3.8, 4) is 11.5 Å². The Hall–Kier alpha value is -2.01. The third-order valence-corrected chi connectivity index (χ3v) is 4.93. The van der Waals surface area contributed by atoms with Crippen LogP contribution in [-0.4, -0.2) is 18.6 Å². The van der Waals surface area contributed by atoms with Crippen LogP contribution in [0, 0.1) is 13.8 Å². The number of sulfone groups is 1. The minimum Gasteiger partial charge on any atom is -0.504 e. The average Bonchev–Trinajstić information content (AvgIpc) is 2.36. The lowest BCUT2D eigenvalue weighted by Gasteiger charge is -2.11. The van der Waals surface area contributed by atoms with E-state index >= 15 is 0 Å². The minimum atomic E-state index is -3.85. The summed E-state index contributed by atoms with van der Waals surface area (Å²) >= 11 is 0. The molecule has 0 bridgehead atoms. The van der Waals surface area contributed by atoms with Gasteiger partial charge in [-0.2, -0.15) is 0 Å². The molecule has 0 heterocycles. The highest BCUT2D eigenvalue weighted by atomic mass is 32.2. The average molecular weight is 278 g/mol. The van der Waals surface area contributed by atoms with E-state index in [2.05, 4.69) is 0 Å². The second kappa shape index (κ2) is 4.59. The van der Waals surface area contributed by atoms with Crippen LogP contribution in [0.25, 0.3) is 0 Å². The van der Waals surface area contributed by atoms with Crippen LogP contribution < -0.4 is 0 Å². The van der Waals surface area contributed by atoms with E-state index in [1.165, 1.54) is 18.2 Å². The quantitative estimate of drug-likeness (QED) is 0.828. The standard InChI is InChI=1S/C14H14O4S/c1-9-5-3-4-6-11(9)19(17,18)12-8-7-10(2)13(15)14(12)16/h3-8,15-16H,1-2H3. The molecule has 0 spiro atoms. The third-order valence-electron chi connectivity index (χ3n) is 2.99. The van der Waals surface area contributed by atoms with Gasteiger partial charge < -0.3 is 10.2 Å². The second-order valence-corrected chi connectivity index (χ2v) is 6.23. The molecule has 0 aliphatic rings. The fraction of sp³-hybridized carbons (Fsp3) is 0.143. The van der Waals surface area contributed by atoms with Gasteiger partial charge in [0, 0.05) is 0 Å². The summed E-state index contributed by atoms with van der Waals surface area (Å²) in [4.78, 5) is -0.168. The smallest absolute Gasteiger partial charge is 0.210 e. The normalized spacial score (nSPS) is 11.5. The predicted octanol–water partition coefficient (Wildman–Crippen LogP) is 2.55. The van der Waals surface area contributed by atoms with Crippen LogP contribution in [-0.2, 0) is 9.84 Å². The van der Waals surface area contributed by atoms with E-state index < -0.39 is 21.3 Å². The Morgan fingerprint density at radius 1 is 0.789 bits per heavy atom. The first-order chi connectivity index (χ1) is 8.85. The summed E-state index contributed by atoms with van der Waals surface area (Å²) < 4.78 is 24.9. The number of hydrogen-bond donors (Lipinski definition) is 2. The molecule has 0 unspecified atom stereocenters. The molecule has 2 N–H and O–H groups in total. The Kier molecular flexibility index (Phi) is 3.24. The van der Waals surface area contributed by atoms with Gasteiger partial charge in [-0.3, -0.25) is 0 Å². The molecule has 2 aromatic carbocycles. The fourth-order valence-electron chi connectivity index (χ4n) is 1.86. The first-order valence-electron chi connectivity index (χ1n) is 5.68. The number of aryl methyl sites for hydroxylation is 2. The molecule has 0 radical (unpaired) electrons. The lowest BCUT2D eigenvalue weighted by atomic mass is 10.2. The molecule has 0 fully saturated rings. The summed E-state index contributed by atoms with van der Waals surface area (Å²) in [5, 5.41) is 19.5. The molecule has 5 heteroatoms. The van der Waals surface area contributed by atoms with Gasteiger partial charge >= 0.3 is 0 Å². The van der Waals surface area contributed by atoms with Crippen molar-refractivity contribution in [2.24, 2.45) is 0 Å². The molecule has 0 aromatic heterocycles. The molecule has 0 amide bonds. The zero-order valence-electron chi connectivity index (χ0n) is 10.6. The summed E-state index contributed by atoms with van der Waals surface area (Å²) in [6.07, 6.45) is 0. The topological polar surface area (TPSA) is 74.6 Å². The highest BCUT2D eigenvalue weighted by molar-refractivity contribution is 7.91. The Bertz CT molecular complexity index is 733. The van der Waals surface area contributed by atoms with Crippen molar-refractivity contribution >= 4 is 9.84 Å². The molecule has 19 heavy (non-hydrogen) atoms. The van der Waals surface area contributed by atoms with Crippen LogP contribution in [0.2, 0.25) is 0 Å². The van der Waals surface area contributed by atoms with Gasteiger partial charge in [0.25, 0.3) is 0 Å². The van der Waals surface area contributed by atoms with Gasteiger partial charge in [-0.15, -0.1) is 0 Å². The Labute approximate surface area is 111 Å². The highest BCUT2D eigenvalue weighted by Crippen LogP contribution is 2.38. The van der Waals surface area contributed by atoms with Crippen LogP contribution >= 0.6 is 0 Å². The summed E-state index contributed by atoms with van der Waals surface area (Å²) in [7, 11) is -3.85. The maximum absolute atomic E-state index is 12.5. The summed E-state index contributed by atoms with van der Waals surface area (Å²) in [6.45, 7) is 3.26. The molecule has 100 valence electrons. The molecule has 0 saturated heterocycles. The zero-order valence-corrected chi connectivity index (χ0v) is 11.4. The van der Waals surface area contributed by atoms with Gasteiger partial charge in [-0.05, 0) is 37.1 Å². The van der Waals surface area contributed by atoms with Crippen molar-refractivity contribution in [1.29, 1.82) is 0 Å². The van der Waals surface area contributed by atoms with Crippen LogP contribution in [0.1, 0.15) is 11.1 Å². The lowest BCUT2D eigenvalue weighted by molar-refractivity contribution is 0.390. The van der Waals surface area contributed by atoms with E-state index in [-0.39, 0.29) is 9.79 Å². The predicted molar refractivity (Wildman–Crippen MR) is 71.1 cm³/mol. The van der Waals surface area contributed by atoms with Crippen LogP contribution in [0.5, 0.6) is 11.5 Å².